The lowest BCUT2D eigenvalue weighted by Gasteiger charge is -2.13. The van der Waals surface area contributed by atoms with Gasteiger partial charge in [-0.25, -0.2) is 10.4 Å². The number of hydrazine groups is 1. The average Bonchev–Trinajstić information content (AvgIpc) is 2.79. The molecule has 0 radical (unpaired) electrons. The highest BCUT2D eigenvalue weighted by atomic mass is 32.1. The molecule has 5 heteroatoms. The van der Waals surface area contributed by atoms with Gasteiger partial charge in [0.2, 0.25) is 0 Å². The largest absolute Gasteiger partial charge is 0.336 e. The molecular formula is C10H14N4S. The van der Waals surface area contributed by atoms with Crippen LogP contribution in [0.2, 0.25) is 0 Å². The van der Waals surface area contributed by atoms with Gasteiger partial charge in [-0.1, -0.05) is 0 Å². The smallest absolute Gasteiger partial charge is 0.132 e. The minimum absolute atomic E-state index is 0.0244. The Balaban J connectivity index is 2.36. The first kappa shape index (κ1) is 10.4. The van der Waals surface area contributed by atoms with Gasteiger partial charge < -0.3 is 4.57 Å². The molecule has 0 amide bonds. The minimum Gasteiger partial charge on any atom is -0.336 e. The van der Waals surface area contributed by atoms with Crippen LogP contribution >= 0.6 is 11.3 Å². The Morgan fingerprint density at radius 3 is 2.80 bits per heavy atom. The summed E-state index contributed by atoms with van der Waals surface area (Å²) in [5, 5.41) is 0. The molecule has 2 aromatic rings. The molecule has 0 aromatic carbocycles. The van der Waals surface area contributed by atoms with Crippen molar-refractivity contribution in [2.75, 3.05) is 0 Å². The fourth-order valence-electron chi connectivity index (χ4n) is 1.55. The zero-order chi connectivity index (χ0) is 10.8. The van der Waals surface area contributed by atoms with E-state index in [1.54, 1.807) is 17.5 Å². The van der Waals surface area contributed by atoms with E-state index in [9.17, 15) is 0 Å². The van der Waals surface area contributed by atoms with Crippen molar-refractivity contribution >= 4 is 11.3 Å². The predicted octanol–water partition coefficient (Wildman–Crippen LogP) is 1.34. The Morgan fingerprint density at radius 1 is 1.53 bits per heavy atom. The van der Waals surface area contributed by atoms with E-state index < -0.39 is 0 Å². The number of nitrogens with zero attached hydrogens (tertiary/aromatic N) is 2. The predicted molar refractivity (Wildman–Crippen MR) is 61.4 cm³/mol. The highest BCUT2D eigenvalue weighted by Crippen LogP contribution is 2.26. The van der Waals surface area contributed by atoms with Crippen LogP contribution in [0.25, 0.3) is 0 Å². The Morgan fingerprint density at radius 2 is 2.33 bits per heavy atom. The van der Waals surface area contributed by atoms with Gasteiger partial charge in [-0.3, -0.25) is 5.84 Å². The highest BCUT2D eigenvalue weighted by molar-refractivity contribution is 7.12. The molecule has 0 bridgehead atoms. The Labute approximate surface area is 92.7 Å². The van der Waals surface area contributed by atoms with Crippen molar-refractivity contribution in [2.45, 2.75) is 13.0 Å². The van der Waals surface area contributed by atoms with Crippen LogP contribution in [0.1, 0.15) is 21.6 Å². The standard InChI is InChI=1S/C10H14N4S/c1-7-3-4-8(15-7)9(13-11)10-12-5-6-14(10)2/h3-6,9,13H,11H2,1-2H3. The second kappa shape index (κ2) is 4.14. The van der Waals surface area contributed by atoms with Crippen LogP contribution in [0.15, 0.2) is 24.5 Å². The van der Waals surface area contributed by atoms with Crippen molar-refractivity contribution in [3.63, 3.8) is 0 Å². The van der Waals surface area contributed by atoms with Crippen molar-refractivity contribution in [3.05, 3.63) is 40.1 Å². The molecule has 3 N–H and O–H groups in total. The van der Waals surface area contributed by atoms with Gasteiger partial charge in [-0.15, -0.1) is 11.3 Å². The summed E-state index contributed by atoms with van der Waals surface area (Å²) >= 11 is 1.73. The fourth-order valence-corrected chi connectivity index (χ4v) is 2.48. The maximum absolute atomic E-state index is 5.58. The molecule has 0 saturated carbocycles. The first-order valence-corrected chi connectivity index (χ1v) is 5.53. The fraction of sp³-hybridized carbons (Fsp3) is 0.300. The molecule has 4 nitrogen and oxygen atoms in total. The third-order valence-electron chi connectivity index (χ3n) is 2.33. The summed E-state index contributed by atoms with van der Waals surface area (Å²) in [5.74, 6) is 6.51. The van der Waals surface area contributed by atoms with Crippen LogP contribution in [0.5, 0.6) is 0 Å². The molecule has 2 rings (SSSR count). The maximum atomic E-state index is 5.58. The van der Waals surface area contributed by atoms with Crippen molar-refractivity contribution in [2.24, 2.45) is 12.9 Å². The molecule has 0 spiro atoms. The number of imidazole rings is 1. The molecule has 1 unspecified atom stereocenters. The summed E-state index contributed by atoms with van der Waals surface area (Å²) in [5.41, 5.74) is 2.80. The van der Waals surface area contributed by atoms with Gasteiger partial charge in [0.1, 0.15) is 11.9 Å². The molecule has 0 aliphatic rings. The van der Waals surface area contributed by atoms with Crippen molar-refractivity contribution < 1.29 is 0 Å². The number of nitrogens with two attached hydrogens (primary N) is 1. The summed E-state index contributed by atoms with van der Waals surface area (Å²) in [4.78, 5) is 6.76. The van der Waals surface area contributed by atoms with E-state index in [0.717, 1.165) is 5.82 Å². The number of nitrogens with one attached hydrogen (secondary N) is 1. The Kier molecular flexibility index (Phi) is 2.86. The van der Waals surface area contributed by atoms with Crippen LogP contribution in [0.3, 0.4) is 0 Å². The number of thiophene rings is 1. The Hall–Kier alpha value is -1.17. The van der Waals surface area contributed by atoms with Crippen LogP contribution in [0.4, 0.5) is 0 Å². The number of aromatic nitrogens is 2. The number of rotatable bonds is 3. The molecule has 0 fully saturated rings. The van der Waals surface area contributed by atoms with Gasteiger partial charge >= 0.3 is 0 Å². The van der Waals surface area contributed by atoms with Crippen molar-refractivity contribution in [3.8, 4) is 0 Å². The van der Waals surface area contributed by atoms with Crippen molar-refractivity contribution in [1.82, 2.24) is 15.0 Å². The zero-order valence-corrected chi connectivity index (χ0v) is 9.58. The molecule has 0 aliphatic carbocycles. The first-order chi connectivity index (χ1) is 7.22. The second-order valence-corrected chi connectivity index (χ2v) is 4.76. The van der Waals surface area contributed by atoms with Crippen LogP contribution in [0, 0.1) is 6.92 Å². The van der Waals surface area contributed by atoms with E-state index in [-0.39, 0.29) is 6.04 Å². The molecule has 15 heavy (non-hydrogen) atoms. The summed E-state index contributed by atoms with van der Waals surface area (Å²) in [6.45, 7) is 2.08. The van der Waals surface area contributed by atoms with E-state index in [2.05, 4.69) is 29.5 Å². The first-order valence-electron chi connectivity index (χ1n) is 4.72. The average molecular weight is 222 g/mol. The van der Waals surface area contributed by atoms with Crippen LogP contribution < -0.4 is 11.3 Å². The van der Waals surface area contributed by atoms with E-state index in [1.165, 1.54) is 9.75 Å². The molecule has 80 valence electrons. The Bertz CT molecular complexity index is 446. The molecule has 2 heterocycles. The second-order valence-electron chi connectivity index (χ2n) is 3.44. The lowest BCUT2D eigenvalue weighted by Crippen LogP contribution is -2.30. The normalized spacial score (nSPS) is 13.0. The van der Waals surface area contributed by atoms with Crippen LogP contribution in [-0.2, 0) is 7.05 Å². The number of aryl methyl sites for hydroxylation is 2. The quantitative estimate of drug-likeness (QED) is 0.608. The summed E-state index contributed by atoms with van der Waals surface area (Å²) in [6.07, 6.45) is 3.69. The number of hydrogen-bond acceptors (Lipinski definition) is 4. The van der Waals surface area contributed by atoms with Gasteiger partial charge in [0, 0.05) is 29.2 Å². The lowest BCUT2D eigenvalue weighted by atomic mass is 10.2. The summed E-state index contributed by atoms with van der Waals surface area (Å²) in [7, 11) is 1.97. The van der Waals surface area contributed by atoms with E-state index in [4.69, 9.17) is 5.84 Å². The third kappa shape index (κ3) is 1.94. The van der Waals surface area contributed by atoms with Crippen molar-refractivity contribution in [1.29, 1.82) is 0 Å². The van der Waals surface area contributed by atoms with Gasteiger partial charge in [-0.05, 0) is 19.1 Å². The molecular weight excluding hydrogens is 208 g/mol. The SMILES string of the molecule is Cc1ccc(C(NN)c2nccn2C)s1. The third-order valence-corrected chi connectivity index (χ3v) is 3.39. The lowest BCUT2D eigenvalue weighted by molar-refractivity contribution is 0.588. The molecule has 2 aromatic heterocycles. The topological polar surface area (TPSA) is 55.9 Å². The van der Waals surface area contributed by atoms with Crippen LogP contribution in [-0.4, -0.2) is 9.55 Å². The van der Waals surface area contributed by atoms with Gasteiger partial charge in [0.25, 0.3) is 0 Å². The highest BCUT2D eigenvalue weighted by Gasteiger charge is 2.17. The van der Waals surface area contributed by atoms with Gasteiger partial charge in [0.15, 0.2) is 0 Å². The van der Waals surface area contributed by atoms with Gasteiger partial charge in [0.05, 0.1) is 0 Å². The number of hydrogen-bond donors (Lipinski definition) is 2. The monoisotopic (exact) mass is 222 g/mol. The van der Waals surface area contributed by atoms with E-state index in [0.29, 0.717) is 0 Å². The maximum Gasteiger partial charge on any atom is 0.132 e. The summed E-state index contributed by atoms with van der Waals surface area (Å²) < 4.78 is 1.97. The minimum atomic E-state index is -0.0244. The van der Waals surface area contributed by atoms with E-state index in [1.807, 2.05) is 17.8 Å². The molecule has 0 aliphatic heterocycles. The molecule has 1 atom stereocenters. The zero-order valence-electron chi connectivity index (χ0n) is 8.77. The van der Waals surface area contributed by atoms with Gasteiger partial charge in [-0.2, -0.15) is 0 Å². The van der Waals surface area contributed by atoms with E-state index >= 15 is 0 Å². The molecule has 0 saturated heterocycles. The summed E-state index contributed by atoms with van der Waals surface area (Å²) in [6, 6.07) is 4.15.